The third-order valence-corrected chi connectivity index (χ3v) is 3.23. The van der Waals surface area contributed by atoms with Crippen LogP contribution in [0.5, 0.6) is 5.75 Å². The van der Waals surface area contributed by atoms with Crippen molar-refractivity contribution in [1.82, 2.24) is 0 Å². The molecule has 0 saturated heterocycles. The van der Waals surface area contributed by atoms with Gasteiger partial charge in [0.25, 0.3) is 0 Å². The topological polar surface area (TPSA) is 45.0 Å². The highest BCUT2D eigenvalue weighted by molar-refractivity contribution is 5.48. The van der Waals surface area contributed by atoms with Crippen LogP contribution in [-0.2, 0) is 6.42 Å². The first-order chi connectivity index (χ1) is 10.0. The molecule has 2 rings (SSSR count). The van der Waals surface area contributed by atoms with Gasteiger partial charge in [-0.15, -0.1) is 0 Å². The lowest BCUT2D eigenvalue weighted by atomic mass is 9.94. The van der Waals surface area contributed by atoms with Gasteiger partial charge in [-0.1, -0.05) is 12.1 Å². The second-order valence-electron chi connectivity index (χ2n) is 5.10. The molecule has 0 aliphatic rings. The van der Waals surface area contributed by atoms with Gasteiger partial charge in [0.2, 0.25) is 0 Å². The number of anilines is 1. The van der Waals surface area contributed by atoms with Crippen LogP contribution >= 0.6 is 0 Å². The second-order valence-corrected chi connectivity index (χ2v) is 5.10. The third-order valence-electron chi connectivity index (χ3n) is 3.23. The molecule has 0 aliphatic heterocycles. The Morgan fingerprint density at radius 1 is 1.14 bits per heavy atom. The molecule has 108 valence electrons. The fraction of sp³-hybridized carbons (Fsp3) is 0.235. The smallest absolute Gasteiger partial charge is 0.126 e. The molecule has 0 aliphatic carbocycles. The molecular formula is C17H17FN2O. The van der Waals surface area contributed by atoms with E-state index in [4.69, 9.17) is 4.74 Å². The average Bonchev–Trinajstić information content (AvgIpc) is 2.50. The standard InChI is InChI=1S/C17H17FN2O/c1-17(12-19,20-15-7-5-14(18)6-8-15)11-13-3-9-16(21-2)10-4-13/h3-10,20H,11H2,1-2H3. The lowest BCUT2D eigenvalue weighted by Crippen LogP contribution is -2.35. The van der Waals surface area contributed by atoms with Gasteiger partial charge in [0.15, 0.2) is 0 Å². The van der Waals surface area contributed by atoms with Gasteiger partial charge in [-0.3, -0.25) is 0 Å². The van der Waals surface area contributed by atoms with Crippen LogP contribution in [0.3, 0.4) is 0 Å². The molecule has 2 aromatic carbocycles. The Morgan fingerprint density at radius 2 is 1.76 bits per heavy atom. The monoisotopic (exact) mass is 284 g/mol. The van der Waals surface area contributed by atoms with Gasteiger partial charge in [0, 0.05) is 12.1 Å². The van der Waals surface area contributed by atoms with E-state index in [1.54, 1.807) is 19.2 Å². The predicted octanol–water partition coefficient (Wildman–Crippen LogP) is 3.77. The normalized spacial score (nSPS) is 13.0. The van der Waals surface area contributed by atoms with Crippen molar-refractivity contribution in [1.29, 1.82) is 5.26 Å². The van der Waals surface area contributed by atoms with Crippen molar-refractivity contribution in [2.45, 2.75) is 18.9 Å². The van der Waals surface area contributed by atoms with Crippen molar-refractivity contribution >= 4 is 5.69 Å². The molecule has 21 heavy (non-hydrogen) atoms. The summed E-state index contributed by atoms with van der Waals surface area (Å²) in [7, 11) is 1.62. The molecule has 0 heterocycles. The van der Waals surface area contributed by atoms with E-state index in [-0.39, 0.29) is 5.82 Å². The molecule has 0 bridgehead atoms. The number of methoxy groups -OCH3 is 1. The largest absolute Gasteiger partial charge is 0.497 e. The van der Waals surface area contributed by atoms with Crippen molar-refractivity contribution in [2.75, 3.05) is 12.4 Å². The van der Waals surface area contributed by atoms with Gasteiger partial charge in [-0.05, 0) is 48.9 Å². The maximum atomic E-state index is 12.9. The van der Waals surface area contributed by atoms with Gasteiger partial charge >= 0.3 is 0 Å². The Morgan fingerprint density at radius 3 is 2.29 bits per heavy atom. The first-order valence-corrected chi connectivity index (χ1v) is 6.62. The Labute approximate surface area is 124 Å². The average molecular weight is 284 g/mol. The van der Waals surface area contributed by atoms with Crippen molar-refractivity contribution in [3.8, 4) is 11.8 Å². The Bertz CT molecular complexity index is 631. The van der Waals surface area contributed by atoms with E-state index in [9.17, 15) is 9.65 Å². The lowest BCUT2D eigenvalue weighted by Gasteiger charge is -2.24. The van der Waals surface area contributed by atoms with E-state index in [1.165, 1.54) is 12.1 Å². The summed E-state index contributed by atoms with van der Waals surface area (Å²) in [4.78, 5) is 0. The molecule has 1 unspecified atom stereocenters. The van der Waals surface area contributed by atoms with Gasteiger partial charge in [-0.2, -0.15) is 5.26 Å². The molecule has 0 spiro atoms. The summed E-state index contributed by atoms with van der Waals surface area (Å²) in [6.07, 6.45) is 0.533. The molecule has 1 atom stereocenters. The highest BCUT2D eigenvalue weighted by atomic mass is 19.1. The summed E-state index contributed by atoms with van der Waals surface area (Å²) in [5, 5.41) is 12.6. The SMILES string of the molecule is COc1ccc(CC(C)(C#N)Nc2ccc(F)cc2)cc1. The molecule has 0 radical (unpaired) electrons. The summed E-state index contributed by atoms with van der Waals surface area (Å²) >= 11 is 0. The molecular weight excluding hydrogens is 267 g/mol. The van der Waals surface area contributed by atoms with Crippen molar-refractivity contribution in [2.24, 2.45) is 0 Å². The number of nitrogens with one attached hydrogen (secondary N) is 1. The van der Waals surface area contributed by atoms with E-state index in [1.807, 2.05) is 31.2 Å². The van der Waals surface area contributed by atoms with Crippen LogP contribution in [0.25, 0.3) is 0 Å². The minimum absolute atomic E-state index is 0.297. The van der Waals surface area contributed by atoms with Crippen LogP contribution in [-0.4, -0.2) is 12.6 Å². The predicted molar refractivity (Wildman–Crippen MR) is 80.7 cm³/mol. The quantitative estimate of drug-likeness (QED) is 0.909. The zero-order valence-electron chi connectivity index (χ0n) is 12.1. The number of hydrogen-bond acceptors (Lipinski definition) is 3. The van der Waals surface area contributed by atoms with E-state index < -0.39 is 5.54 Å². The van der Waals surface area contributed by atoms with Crippen molar-refractivity contribution < 1.29 is 9.13 Å². The van der Waals surface area contributed by atoms with E-state index >= 15 is 0 Å². The van der Waals surface area contributed by atoms with Crippen LogP contribution < -0.4 is 10.1 Å². The molecule has 1 N–H and O–H groups in total. The molecule has 2 aromatic rings. The minimum atomic E-state index is -0.771. The molecule has 0 saturated carbocycles. The van der Waals surface area contributed by atoms with Crippen LogP contribution in [0, 0.1) is 17.1 Å². The fourth-order valence-corrected chi connectivity index (χ4v) is 2.12. The molecule has 0 fully saturated rings. The summed E-state index contributed by atoms with van der Waals surface area (Å²) in [5.41, 5.74) is 0.968. The zero-order chi connectivity index (χ0) is 15.3. The zero-order valence-corrected chi connectivity index (χ0v) is 12.1. The van der Waals surface area contributed by atoms with Crippen LogP contribution in [0.4, 0.5) is 10.1 Å². The lowest BCUT2D eigenvalue weighted by molar-refractivity contribution is 0.414. The number of ether oxygens (including phenoxy) is 1. The number of hydrogen-bond donors (Lipinski definition) is 1. The van der Waals surface area contributed by atoms with E-state index in [2.05, 4.69) is 11.4 Å². The molecule has 0 aromatic heterocycles. The van der Waals surface area contributed by atoms with E-state index in [0.717, 1.165) is 11.3 Å². The Balaban J connectivity index is 2.13. The number of halogens is 1. The van der Waals surface area contributed by atoms with Crippen LogP contribution in [0.1, 0.15) is 12.5 Å². The van der Waals surface area contributed by atoms with Gasteiger partial charge < -0.3 is 10.1 Å². The van der Waals surface area contributed by atoms with Crippen molar-refractivity contribution in [3.63, 3.8) is 0 Å². The van der Waals surface area contributed by atoms with Crippen molar-refractivity contribution in [3.05, 3.63) is 59.9 Å². The fourth-order valence-electron chi connectivity index (χ4n) is 2.12. The number of nitrogens with zero attached hydrogens (tertiary/aromatic N) is 1. The Kier molecular flexibility index (Phi) is 4.44. The number of benzene rings is 2. The first kappa shape index (κ1) is 14.9. The molecule has 0 amide bonds. The first-order valence-electron chi connectivity index (χ1n) is 6.62. The molecule has 3 nitrogen and oxygen atoms in total. The van der Waals surface area contributed by atoms with Crippen LogP contribution in [0.2, 0.25) is 0 Å². The summed E-state index contributed by atoms with van der Waals surface area (Å²) in [6, 6.07) is 15.9. The summed E-state index contributed by atoms with van der Waals surface area (Å²) in [5.74, 6) is 0.485. The van der Waals surface area contributed by atoms with Gasteiger partial charge in [0.05, 0.1) is 13.2 Å². The molecule has 4 heteroatoms. The maximum Gasteiger partial charge on any atom is 0.126 e. The third kappa shape index (κ3) is 3.96. The summed E-state index contributed by atoms with van der Waals surface area (Å²) in [6.45, 7) is 1.82. The minimum Gasteiger partial charge on any atom is -0.497 e. The Hall–Kier alpha value is -2.54. The van der Waals surface area contributed by atoms with Gasteiger partial charge in [-0.25, -0.2) is 4.39 Å². The highest BCUT2D eigenvalue weighted by Crippen LogP contribution is 2.21. The second kappa shape index (κ2) is 6.27. The maximum absolute atomic E-state index is 12.9. The van der Waals surface area contributed by atoms with Crippen LogP contribution in [0.15, 0.2) is 48.5 Å². The number of nitriles is 1. The summed E-state index contributed by atoms with van der Waals surface area (Å²) < 4.78 is 18.0. The highest BCUT2D eigenvalue weighted by Gasteiger charge is 2.24. The van der Waals surface area contributed by atoms with E-state index in [0.29, 0.717) is 12.1 Å². The number of rotatable bonds is 5. The van der Waals surface area contributed by atoms with Gasteiger partial charge in [0.1, 0.15) is 17.1 Å².